The quantitative estimate of drug-likeness (QED) is 0.230. The van der Waals surface area contributed by atoms with Crippen LogP contribution in [0.4, 0.5) is 5.82 Å². The van der Waals surface area contributed by atoms with E-state index in [1.54, 1.807) is 24.3 Å². The average molecular weight is 518 g/mol. The van der Waals surface area contributed by atoms with Crippen LogP contribution in [-0.2, 0) is 25.6 Å². The highest BCUT2D eigenvalue weighted by Gasteiger charge is 2.44. The molecule has 13 nitrogen and oxygen atoms in total. The van der Waals surface area contributed by atoms with E-state index >= 15 is 0 Å². The van der Waals surface area contributed by atoms with Crippen molar-refractivity contribution in [2.24, 2.45) is 11.2 Å². The first kappa shape index (κ1) is 25.2. The maximum absolute atomic E-state index is 12.6. The highest BCUT2D eigenvalue weighted by atomic mass is 32.5. The number of ether oxygens (including phenoxy) is 1. The molecule has 1 aromatic carbocycles. The minimum absolute atomic E-state index is 0.0526. The van der Waals surface area contributed by atoms with E-state index in [-0.39, 0.29) is 31.4 Å². The Labute approximate surface area is 205 Å². The van der Waals surface area contributed by atoms with Crippen LogP contribution in [0.1, 0.15) is 23.0 Å². The molecule has 1 aliphatic heterocycles. The van der Waals surface area contributed by atoms with Gasteiger partial charge < -0.3 is 29.9 Å². The van der Waals surface area contributed by atoms with Gasteiger partial charge in [-0.25, -0.2) is 15.0 Å². The van der Waals surface area contributed by atoms with Crippen molar-refractivity contribution >= 4 is 41.3 Å². The van der Waals surface area contributed by atoms with Gasteiger partial charge in [-0.1, -0.05) is 18.2 Å². The highest BCUT2D eigenvalue weighted by molar-refractivity contribution is 8.08. The molecule has 1 aliphatic rings. The van der Waals surface area contributed by atoms with Crippen LogP contribution in [-0.4, -0.2) is 62.0 Å². The molecule has 5 atom stereocenters. The van der Waals surface area contributed by atoms with Crippen molar-refractivity contribution in [3.8, 4) is 6.07 Å². The van der Waals surface area contributed by atoms with Gasteiger partial charge in [-0.05, 0) is 23.9 Å². The topological polar surface area (TPSA) is 196 Å². The van der Waals surface area contributed by atoms with Gasteiger partial charge in [0.15, 0.2) is 23.2 Å². The van der Waals surface area contributed by atoms with E-state index in [0.29, 0.717) is 16.7 Å². The van der Waals surface area contributed by atoms with Gasteiger partial charge in [0.2, 0.25) is 0 Å². The molecular formula is C20H23N8O5PS. The predicted molar refractivity (Wildman–Crippen MR) is 128 cm³/mol. The van der Waals surface area contributed by atoms with Gasteiger partial charge in [0.1, 0.15) is 18.5 Å². The molecule has 2 aromatic heterocycles. The number of imidazole rings is 1. The van der Waals surface area contributed by atoms with Crippen molar-refractivity contribution in [2.75, 3.05) is 18.5 Å². The Bertz CT molecular complexity index is 1290. The molecule has 184 valence electrons. The van der Waals surface area contributed by atoms with Crippen molar-refractivity contribution < 1.29 is 23.7 Å². The summed E-state index contributed by atoms with van der Waals surface area (Å²) in [5.41, 5.74) is 13.1. The number of amides is 1. The number of carbonyl (C=O) groups excluding carboxylic acids is 1. The third kappa shape index (κ3) is 5.69. The van der Waals surface area contributed by atoms with E-state index in [2.05, 4.69) is 20.3 Å². The van der Waals surface area contributed by atoms with E-state index < -0.39 is 31.1 Å². The van der Waals surface area contributed by atoms with E-state index in [4.69, 9.17) is 42.1 Å². The van der Waals surface area contributed by atoms with Gasteiger partial charge in [0.25, 0.3) is 12.5 Å². The Morgan fingerprint density at radius 3 is 2.83 bits per heavy atom. The average Bonchev–Trinajstić information content (AvgIpc) is 3.40. The molecule has 0 spiro atoms. The number of benzene rings is 1. The number of nitrogens with two attached hydrogens (primary N) is 2. The zero-order valence-corrected chi connectivity index (χ0v) is 20.0. The first-order chi connectivity index (χ1) is 16.8. The van der Waals surface area contributed by atoms with E-state index in [1.165, 1.54) is 17.2 Å². The molecule has 15 heteroatoms. The Morgan fingerprint density at radius 2 is 2.09 bits per heavy atom. The number of carbonyl (C=O) groups is 1. The lowest BCUT2D eigenvalue weighted by Gasteiger charge is -2.21. The standard InChI is InChI=1S/C20H23N8O5PS/c21-7-4-8-31-34(23,35)32-9-13-14(22)16(29)20(33-13)28-11-26-15-17(24-10-25-18(15)28)27-19(30)12-5-2-1-3-6-12/h1-3,5-6,10-11,13-14,16,20,29H,4,8-9,22H2,(H2,23,35)(H,24,25,27,30)/t13-,14-,16-,20-,34?/m1/s1. The van der Waals surface area contributed by atoms with Crippen LogP contribution in [0.5, 0.6) is 0 Å². The zero-order chi connectivity index (χ0) is 25.0. The van der Waals surface area contributed by atoms with Gasteiger partial charge in [0.05, 0.1) is 38.1 Å². The van der Waals surface area contributed by atoms with Gasteiger partial charge in [-0.15, -0.1) is 0 Å². The molecule has 0 saturated carbocycles. The maximum Gasteiger partial charge on any atom is 0.258 e. The smallest absolute Gasteiger partial charge is 0.258 e. The summed E-state index contributed by atoms with van der Waals surface area (Å²) in [7, 11) is 0. The molecule has 0 bridgehead atoms. The summed E-state index contributed by atoms with van der Waals surface area (Å²) in [5, 5.41) is 22.1. The fraction of sp³-hybridized carbons (Fsp3) is 0.350. The summed E-state index contributed by atoms with van der Waals surface area (Å²) in [6.45, 7) is -3.16. The minimum Gasteiger partial charge on any atom is -0.387 e. The van der Waals surface area contributed by atoms with Crippen LogP contribution < -0.4 is 16.6 Å². The number of rotatable bonds is 9. The number of hydrogen-bond acceptors (Lipinski definition) is 11. The van der Waals surface area contributed by atoms with Crippen LogP contribution in [0.15, 0.2) is 43.0 Å². The minimum atomic E-state index is -3.10. The number of nitrogens with one attached hydrogen (secondary N) is 1. The molecule has 3 aromatic rings. The second kappa shape index (κ2) is 10.8. The lowest BCUT2D eigenvalue weighted by molar-refractivity contribution is -0.0461. The lowest BCUT2D eigenvalue weighted by atomic mass is 10.1. The van der Waals surface area contributed by atoms with E-state index in [1.807, 2.05) is 12.1 Å². The number of anilines is 1. The third-order valence-electron chi connectivity index (χ3n) is 5.23. The van der Waals surface area contributed by atoms with E-state index in [0.717, 1.165) is 0 Å². The predicted octanol–water partition coefficient (Wildman–Crippen LogP) is 0.794. The molecule has 4 rings (SSSR count). The monoisotopic (exact) mass is 518 g/mol. The Morgan fingerprint density at radius 1 is 1.31 bits per heavy atom. The Balaban J connectivity index is 1.48. The number of fused-ring (bicyclic) bond motifs is 1. The van der Waals surface area contributed by atoms with Crippen LogP contribution in [0.25, 0.3) is 11.2 Å². The zero-order valence-electron chi connectivity index (χ0n) is 18.3. The molecular weight excluding hydrogens is 495 g/mol. The molecule has 3 heterocycles. The second-order valence-corrected chi connectivity index (χ2v) is 10.7. The normalized spacial score (nSPS) is 23.6. The van der Waals surface area contributed by atoms with E-state index in [9.17, 15) is 9.90 Å². The summed E-state index contributed by atoms with van der Waals surface area (Å²) < 4.78 is 18.2. The molecule has 0 radical (unpaired) electrons. The number of aromatic nitrogens is 4. The maximum atomic E-state index is 12.6. The Hall–Kier alpha value is -2.86. The summed E-state index contributed by atoms with van der Waals surface area (Å²) in [6, 6.07) is 9.76. The first-order valence-electron chi connectivity index (χ1n) is 10.5. The Kier molecular flexibility index (Phi) is 7.80. The molecule has 1 saturated heterocycles. The van der Waals surface area contributed by atoms with Crippen molar-refractivity contribution in [1.82, 2.24) is 19.5 Å². The molecule has 35 heavy (non-hydrogen) atoms. The van der Waals surface area contributed by atoms with Crippen molar-refractivity contribution in [3.05, 3.63) is 48.5 Å². The molecule has 6 N–H and O–H groups in total. The van der Waals surface area contributed by atoms with Crippen LogP contribution in [0.3, 0.4) is 0 Å². The lowest BCUT2D eigenvalue weighted by Crippen LogP contribution is -2.41. The SMILES string of the molecule is N#CCCOP(N)(=S)OC[C@H]1O[C@@H](n2cnc3c(NC(=O)c4ccccc4)ncnc32)[C@H](O)[C@@H]1N. The fourth-order valence-electron chi connectivity index (χ4n) is 3.47. The summed E-state index contributed by atoms with van der Waals surface area (Å²) in [5.74, 6) is -0.149. The molecule has 1 unspecified atom stereocenters. The van der Waals surface area contributed by atoms with Crippen LogP contribution >= 0.6 is 6.64 Å². The fourth-order valence-corrected chi connectivity index (χ4v) is 4.65. The first-order valence-corrected chi connectivity index (χ1v) is 13.2. The number of aliphatic hydroxyl groups is 1. The van der Waals surface area contributed by atoms with Crippen LogP contribution in [0, 0.1) is 11.3 Å². The van der Waals surface area contributed by atoms with Crippen molar-refractivity contribution in [3.63, 3.8) is 0 Å². The number of aliphatic hydroxyl groups excluding tert-OH is 1. The van der Waals surface area contributed by atoms with Crippen molar-refractivity contribution in [2.45, 2.75) is 30.9 Å². The molecule has 0 aliphatic carbocycles. The highest BCUT2D eigenvalue weighted by Crippen LogP contribution is 2.41. The number of nitrogens with zero attached hydrogens (tertiary/aromatic N) is 5. The van der Waals surface area contributed by atoms with Gasteiger partial charge in [-0.2, -0.15) is 5.26 Å². The second-order valence-electron chi connectivity index (χ2n) is 7.58. The van der Waals surface area contributed by atoms with Gasteiger partial charge >= 0.3 is 0 Å². The summed E-state index contributed by atoms with van der Waals surface area (Å²) >= 11 is 5.13. The van der Waals surface area contributed by atoms with Crippen molar-refractivity contribution in [1.29, 1.82) is 5.26 Å². The summed E-state index contributed by atoms with van der Waals surface area (Å²) in [4.78, 5) is 25.2. The largest absolute Gasteiger partial charge is 0.387 e. The third-order valence-corrected chi connectivity index (χ3v) is 6.92. The number of nitriles is 1. The molecule has 1 amide bonds. The van der Waals surface area contributed by atoms with Gasteiger partial charge in [0, 0.05) is 5.56 Å². The summed E-state index contributed by atoms with van der Waals surface area (Å²) in [6.07, 6.45) is -0.00874. The number of hydrogen-bond donors (Lipinski definition) is 4. The molecule has 1 fully saturated rings. The van der Waals surface area contributed by atoms with Crippen LogP contribution in [0.2, 0.25) is 0 Å². The van der Waals surface area contributed by atoms with Gasteiger partial charge in [-0.3, -0.25) is 14.9 Å².